The third-order valence-corrected chi connectivity index (χ3v) is 3.56. The van der Waals surface area contributed by atoms with Gasteiger partial charge in [0.2, 0.25) is 0 Å². The highest BCUT2D eigenvalue weighted by atomic mass is 79.9. The summed E-state index contributed by atoms with van der Waals surface area (Å²) in [5, 5.41) is 6.12. The van der Waals surface area contributed by atoms with Gasteiger partial charge in [-0.2, -0.15) is 5.10 Å². The summed E-state index contributed by atoms with van der Waals surface area (Å²) in [5.74, 6) is -0.460. The van der Waals surface area contributed by atoms with Crippen molar-refractivity contribution in [3.05, 3.63) is 40.3 Å². The van der Waals surface area contributed by atoms with Gasteiger partial charge in [0, 0.05) is 10.7 Å². The zero-order chi connectivity index (χ0) is 14.7. The molecule has 1 unspecified atom stereocenters. The van der Waals surface area contributed by atoms with Crippen LogP contribution in [0.25, 0.3) is 10.8 Å². The number of esters is 1. The highest BCUT2D eigenvalue weighted by Crippen LogP contribution is 2.17. The third kappa shape index (κ3) is 2.60. The van der Waals surface area contributed by atoms with E-state index in [2.05, 4.69) is 21.0 Å². The Kier molecular flexibility index (Phi) is 4.54. The Labute approximate surface area is 124 Å². The first kappa shape index (κ1) is 14.7. The lowest BCUT2D eigenvalue weighted by Gasteiger charge is -2.15. The molecule has 1 aromatic heterocycles. The number of ether oxygens (including phenoxy) is 1. The molecule has 0 amide bonds. The molecule has 0 aliphatic carbocycles. The first-order chi connectivity index (χ1) is 9.60. The van der Waals surface area contributed by atoms with Crippen molar-refractivity contribution in [2.24, 2.45) is 0 Å². The second-order valence-electron chi connectivity index (χ2n) is 4.30. The molecule has 6 heteroatoms. The number of carbonyl (C=O) groups is 1. The Morgan fingerprint density at radius 1 is 1.40 bits per heavy atom. The van der Waals surface area contributed by atoms with Crippen LogP contribution in [0.5, 0.6) is 0 Å². The zero-order valence-electron chi connectivity index (χ0n) is 11.3. The van der Waals surface area contributed by atoms with Crippen LogP contribution in [-0.4, -0.2) is 22.4 Å². The minimum absolute atomic E-state index is 0.275. The van der Waals surface area contributed by atoms with Crippen LogP contribution in [0.3, 0.4) is 0 Å². The highest BCUT2D eigenvalue weighted by Gasteiger charge is 2.20. The molecule has 2 rings (SSSR count). The van der Waals surface area contributed by atoms with Crippen LogP contribution >= 0.6 is 15.9 Å². The van der Waals surface area contributed by atoms with Crippen LogP contribution in [0.2, 0.25) is 0 Å². The molecule has 106 valence electrons. The quantitative estimate of drug-likeness (QED) is 0.634. The minimum atomic E-state index is -0.746. The fourth-order valence-corrected chi connectivity index (χ4v) is 2.41. The fraction of sp³-hybridized carbons (Fsp3) is 0.357. The summed E-state index contributed by atoms with van der Waals surface area (Å²) in [5.41, 5.74) is 0.433. The minimum Gasteiger partial charge on any atom is -0.464 e. The van der Waals surface area contributed by atoms with Gasteiger partial charge in [0.1, 0.15) is 0 Å². The van der Waals surface area contributed by atoms with Crippen LogP contribution in [0.4, 0.5) is 0 Å². The molecule has 1 atom stereocenters. The van der Waals surface area contributed by atoms with Gasteiger partial charge in [0.05, 0.1) is 17.7 Å². The maximum Gasteiger partial charge on any atom is 0.330 e. The lowest BCUT2D eigenvalue weighted by molar-refractivity contribution is -0.147. The standard InChI is InChI=1S/C14H15BrN2O3/c1-3-20-14(19)9(2)17-13(18)11-7-5-4-6-10(11)12(8-15)16-17/h4-7,9H,3,8H2,1-2H3. The average molecular weight is 339 g/mol. The molecule has 0 saturated carbocycles. The van der Waals surface area contributed by atoms with Crippen molar-refractivity contribution >= 4 is 32.7 Å². The summed E-state index contributed by atoms with van der Waals surface area (Å²) in [4.78, 5) is 24.2. The van der Waals surface area contributed by atoms with Crippen LogP contribution in [0, 0.1) is 0 Å². The van der Waals surface area contributed by atoms with Gasteiger partial charge in [-0.1, -0.05) is 34.1 Å². The molecule has 20 heavy (non-hydrogen) atoms. The second kappa shape index (κ2) is 6.17. The van der Waals surface area contributed by atoms with E-state index in [-0.39, 0.29) is 12.2 Å². The molecule has 0 aliphatic heterocycles. The summed E-state index contributed by atoms with van der Waals surface area (Å²) in [6.45, 7) is 3.61. The molecule has 1 heterocycles. The Morgan fingerprint density at radius 2 is 2.05 bits per heavy atom. The van der Waals surface area contributed by atoms with Crippen molar-refractivity contribution in [2.75, 3.05) is 6.61 Å². The van der Waals surface area contributed by atoms with Gasteiger partial charge in [-0.05, 0) is 19.9 Å². The van der Waals surface area contributed by atoms with E-state index in [1.54, 1.807) is 26.0 Å². The first-order valence-electron chi connectivity index (χ1n) is 6.33. The van der Waals surface area contributed by atoms with Crippen molar-refractivity contribution in [1.82, 2.24) is 9.78 Å². The number of aromatic nitrogens is 2. The maximum absolute atomic E-state index is 12.4. The molecule has 2 aromatic rings. The number of hydrogen-bond acceptors (Lipinski definition) is 4. The smallest absolute Gasteiger partial charge is 0.330 e. The predicted octanol–water partition coefficient (Wildman–Crippen LogP) is 2.42. The van der Waals surface area contributed by atoms with Gasteiger partial charge in [-0.3, -0.25) is 4.79 Å². The maximum atomic E-state index is 12.4. The summed E-state index contributed by atoms with van der Waals surface area (Å²) in [6.07, 6.45) is 0. The van der Waals surface area contributed by atoms with Crippen molar-refractivity contribution in [3.8, 4) is 0 Å². The Balaban J connectivity index is 2.63. The van der Waals surface area contributed by atoms with E-state index in [4.69, 9.17) is 4.74 Å². The molecular formula is C14H15BrN2O3. The number of halogens is 1. The number of nitrogens with zero attached hydrogens (tertiary/aromatic N) is 2. The van der Waals surface area contributed by atoms with Gasteiger partial charge in [0.15, 0.2) is 6.04 Å². The number of fused-ring (bicyclic) bond motifs is 1. The first-order valence-corrected chi connectivity index (χ1v) is 7.45. The van der Waals surface area contributed by atoms with E-state index in [9.17, 15) is 9.59 Å². The second-order valence-corrected chi connectivity index (χ2v) is 4.86. The fourth-order valence-electron chi connectivity index (χ4n) is 2.00. The topological polar surface area (TPSA) is 61.2 Å². The molecular weight excluding hydrogens is 324 g/mol. The summed E-state index contributed by atoms with van der Waals surface area (Å²) < 4.78 is 6.14. The Morgan fingerprint density at radius 3 is 2.65 bits per heavy atom. The van der Waals surface area contributed by atoms with Crippen LogP contribution < -0.4 is 5.56 Å². The van der Waals surface area contributed by atoms with Crippen molar-refractivity contribution < 1.29 is 9.53 Å². The van der Waals surface area contributed by atoms with E-state index < -0.39 is 12.0 Å². The average Bonchev–Trinajstić information content (AvgIpc) is 2.47. The largest absolute Gasteiger partial charge is 0.464 e. The molecule has 0 fully saturated rings. The van der Waals surface area contributed by atoms with Gasteiger partial charge < -0.3 is 4.74 Å². The van der Waals surface area contributed by atoms with Gasteiger partial charge in [0.25, 0.3) is 5.56 Å². The molecule has 0 N–H and O–H groups in total. The van der Waals surface area contributed by atoms with E-state index in [0.29, 0.717) is 10.7 Å². The molecule has 0 bridgehead atoms. The molecule has 0 saturated heterocycles. The van der Waals surface area contributed by atoms with Crippen LogP contribution in [0.15, 0.2) is 29.1 Å². The van der Waals surface area contributed by atoms with E-state index in [0.717, 1.165) is 11.1 Å². The zero-order valence-corrected chi connectivity index (χ0v) is 12.9. The molecule has 5 nitrogen and oxygen atoms in total. The monoisotopic (exact) mass is 338 g/mol. The molecule has 0 radical (unpaired) electrons. The van der Waals surface area contributed by atoms with Crippen molar-refractivity contribution in [2.45, 2.75) is 25.2 Å². The van der Waals surface area contributed by atoms with E-state index >= 15 is 0 Å². The number of rotatable bonds is 4. The normalized spacial score (nSPS) is 12.3. The number of hydrogen-bond donors (Lipinski definition) is 0. The predicted molar refractivity (Wildman–Crippen MR) is 80.0 cm³/mol. The highest BCUT2D eigenvalue weighted by molar-refractivity contribution is 9.08. The Bertz CT molecular complexity index is 696. The number of carbonyl (C=O) groups excluding carboxylic acids is 1. The summed E-state index contributed by atoms with van der Waals surface area (Å²) in [7, 11) is 0. The van der Waals surface area contributed by atoms with Gasteiger partial charge >= 0.3 is 5.97 Å². The van der Waals surface area contributed by atoms with Crippen LogP contribution in [0.1, 0.15) is 25.6 Å². The van der Waals surface area contributed by atoms with Crippen LogP contribution in [-0.2, 0) is 14.9 Å². The SMILES string of the molecule is CCOC(=O)C(C)n1nc(CBr)c2ccccc2c1=O. The molecule has 1 aromatic carbocycles. The van der Waals surface area contributed by atoms with Gasteiger partial charge in [-0.15, -0.1) is 0 Å². The lowest BCUT2D eigenvalue weighted by atomic mass is 10.1. The summed E-state index contributed by atoms with van der Waals surface area (Å²) in [6, 6.07) is 6.49. The number of benzene rings is 1. The van der Waals surface area contributed by atoms with Crippen molar-refractivity contribution in [1.29, 1.82) is 0 Å². The Hall–Kier alpha value is -1.69. The van der Waals surface area contributed by atoms with E-state index in [1.165, 1.54) is 4.68 Å². The third-order valence-electron chi connectivity index (χ3n) is 3.03. The molecule has 0 aliphatic rings. The number of alkyl halides is 1. The lowest BCUT2D eigenvalue weighted by Crippen LogP contribution is -2.32. The summed E-state index contributed by atoms with van der Waals surface area (Å²) >= 11 is 3.36. The van der Waals surface area contributed by atoms with E-state index in [1.807, 2.05) is 12.1 Å². The van der Waals surface area contributed by atoms with Crippen molar-refractivity contribution in [3.63, 3.8) is 0 Å². The van der Waals surface area contributed by atoms with Gasteiger partial charge in [-0.25, -0.2) is 9.48 Å². The molecule has 0 spiro atoms.